The first-order valence-electron chi connectivity index (χ1n) is 10.5. The van der Waals surface area contributed by atoms with Crippen LogP contribution in [0.2, 0.25) is 0 Å². The van der Waals surface area contributed by atoms with Gasteiger partial charge in [-0.05, 0) is 47.1 Å². The standard InChI is InChI=1S/C23H33NO8/c1-7-29-20(26)17(21(27)30-8-2)19(25)18(24-22(28)32-23(4,5)6)15(3)31-14-16-12-10-9-11-13-16/h9-13,15,17-18H,7-8,14H2,1-6H3,(H,24,28)/t15-,18+/m1/s1. The maximum absolute atomic E-state index is 13.3. The van der Waals surface area contributed by atoms with Gasteiger partial charge in [0.1, 0.15) is 11.6 Å². The van der Waals surface area contributed by atoms with Crippen LogP contribution in [0.4, 0.5) is 4.79 Å². The van der Waals surface area contributed by atoms with E-state index in [1.165, 1.54) is 0 Å². The first kappa shape index (κ1) is 27.1. The van der Waals surface area contributed by atoms with Crippen LogP contribution in [0.1, 0.15) is 47.1 Å². The summed E-state index contributed by atoms with van der Waals surface area (Å²) in [5.74, 6) is -4.88. The summed E-state index contributed by atoms with van der Waals surface area (Å²) in [5.41, 5.74) is 0.0168. The van der Waals surface area contributed by atoms with Gasteiger partial charge in [0.15, 0.2) is 5.78 Å². The van der Waals surface area contributed by atoms with Crippen LogP contribution in [-0.4, -0.2) is 54.8 Å². The van der Waals surface area contributed by atoms with Crippen molar-refractivity contribution in [2.75, 3.05) is 13.2 Å². The van der Waals surface area contributed by atoms with Gasteiger partial charge >= 0.3 is 18.0 Å². The third kappa shape index (κ3) is 9.05. The molecule has 0 saturated heterocycles. The summed E-state index contributed by atoms with van der Waals surface area (Å²) < 4.78 is 20.8. The van der Waals surface area contributed by atoms with Gasteiger partial charge < -0.3 is 24.3 Å². The number of nitrogens with one attached hydrogen (secondary N) is 1. The van der Waals surface area contributed by atoms with E-state index in [1.807, 2.05) is 30.3 Å². The molecule has 0 radical (unpaired) electrons. The molecular formula is C23H33NO8. The Labute approximate surface area is 188 Å². The lowest BCUT2D eigenvalue weighted by molar-refractivity contribution is -0.165. The summed E-state index contributed by atoms with van der Waals surface area (Å²) in [4.78, 5) is 50.5. The number of rotatable bonds is 11. The topological polar surface area (TPSA) is 117 Å². The Bertz CT molecular complexity index is 754. The number of ketones is 1. The predicted octanol–water partition coefficient (Wildman–Crippen LogP) is 2.80. The Hall–Kier alpha value is -2.94. The van der Waals surface area contributed by atoms with Crippen molar-refractivity contribution in [3.8, 4) is 0 Å². The van der Waals surface area contributed by atoms with Crippen molar-refractivity contribution >= 4 is 23.8 Å². The molecule has 32 heavy (non-hydrogen) atoms. The maximum Gasteiger partial charge on any atom is 0.408 e. The average Bonchev–Trinajstić information content (AvgIpc) is 2.70. The lowest BCUT2D eigenvalue weighted by atomic mass is 9.94. The molecule has 9 heteroatoms. The van der Waals surface area contributed by atoms with E-state index >= 15 is 0 Å². The zero-order valence-electron chi connectivity index (χ0n) is 19.5. The van der Waals surface area contributed by atoms with E-state index in [-0.39, 0.29) is 19.8 Å². The fraction of sp³-hybridized carbons (Fsp3) is 0.565. The first-order chi connectivity index (χ1) is 15.0. The Morgan fingerprint density at radius 2 is 1.47 bits per heavy atom. The number of ether oxygens (including phenoxy) is 4. The van der Waals surface area contributed by atoms with E-state index in [4.69, 9.17) is 18.9 Å². The number of benzene rings is 1. The van der Waals surface area contributed by atoms with Crippen LogP contribution in [0.5, 0.6) is 0 Å². The Morgan fingerprint density at radius 3 is 1.94 bits per heavy atom. The molecule has 0 bridgehead atoms. The molecule has 0 aliphatic heterocycles. The number of carbonyl (C=O) groups excluding carboxylic acids is 4. The van der Waals surface area contributed by atoms with E-state index < -0.39 is 47.5 Å². The number of Topliss-reactive ketones (excluding diaryl/α,β-unsaturated/α-hetero) is 1. The molecule has 2 atom stereocenters. The summed E-state index contributed by atoms with van der Waals surface area (Å²) in [7, 11) is 0. The summed E-state index contributed by atoms with van der Waals surface area (Å²) in [6.45, 7) is 9.72. The molecule has 1 aromatic carbocycles. The molecule has 0 spiro atoms. The minimum Gasteiger partial charge on any atom is -0.465 e. The highest BCUT2D eigenvalue weighted by atomic mass is 16.6. The number of esters is 2. The lowest BCUT2D eigenvalue weighted by Gasteiger charge is -2.28. The number of hydrogen-bond donors (Lipinski definition) is 1. The highest BCUT2D eigenvalue weighted by Gasteiger charge is 2.43. The van der Waals surface area contributed by atoms with Crippen molar-refractivity contribution in [3.63, 3.8) is 0 Å². The number of carbonyl (C=O) groups is 4. The molecule has 0 saturated carbocycles. The number of alkyl carbamates (subject to hydrolysis) is 1. The van der Waals surface area contributed by atoms with Gasteiger partial charge in [-0.15, -0.1) is 0 Å². The van der Waals surface area contributed by atoms with Crippen molar-refractivity contribution in [1.82, 2.24) is 5.32 Å². The predicted molar refractivity (Wildman–Crippen MR) is 116 cm³/mol. The zero-order chi connectivity index (χ0) is 24.3. The number of amides is 1. The van der Waals surface area contributed by atoms with Gasteiger partial charge in [0.25, 0.3) is 0 Å². The summed E-state index contributed by atoms with van der Waals surface area (Å²) in [6.07, 6.45) is -1.79. The largest absolute Gasteiger partial charge is 0.465 e. The van der Waals surface area contributed by atoms with Gasteiger partial charge in [-0.25, -0.2) is 4.79 Å². The van der Waals surface area contributed by atoms with Crippen LogP contribution < -0.4 is 5.32 Å². The summed E-state index contributed by atoms with van der Waals surface area (Å²) in [6, 6.07) is 7.83. The molecule has 1 amide bonds. The van der Waals surface area contributed by atoms with E-state index in [0.29, 0.717) is 0 Å². The second-order valence-electron chi connectivity index (χ2n) is 7.97. The van der Waals surface area contributed by atoms with Crippen LogP contribution in [0.15, 0.2) is 30.3 Å². The van der Waals surface area contributed by atoms with Crippen LogP contribution in [0, 0.1) is 5.92 Å². The summed E-state index contributed by atoms with van der Waals surface area (Å²) >= 11 is 0. The highest BCUT2D eigenvalue weighted by molar-refractivity contribution is 6.17. The van der Waals surface area contributed by atoms with E-state index in [0.717, 1.165) is 5.56 Å². The second-order valence-corrected chi connectivity index (χ2v) is 7.97. The van der Waals surface area contributed by atoms with Gasteiger partial charge in [0.2, 0.25) is 5.92 Å². The molecule has 0 fully saturated rings. The molecule has 1 rings (SSSR count). The quantitative estimate of drug-likeness (QED) is 0.310. The van der Waals surface area contributed by atoms with Crippen molar-refractivity contribution < 1.29 is 38.1 Å². The first-order valence-corrected chi connectivity index (χ1v) is 10.5. The highest BCUT2D eigenvalue weighted by Crippen LogP contribution is 2.16. The fourth-order valence-electron chi connectivity index (χ4n) is 2.71. The molecule has 0 aliphatic carbocycles. The van der Waals surface area contributed by atoms with Crippen LogP contribution >= 0.6 is 0 Å². The molecular weight excluding hydrogens is 418 g/mol. The third-order valence-corrected chi connectivity index (χ3v) is 4.13. The second kappa shape index (κ2) is 12.8. The SMILES string of the molecule is CCOC(=O)C(C(=O)OCC)C(=O)[C@@H](NC(=O)OC(C)(C)C)[C@@H](C)OCc1ccccc1. The Balaban J connectivity index is 3.15. The third-order valence-electron chi connectivity index (χ3n) is 4.13. The molecule has 0 aromatic heterocycles. The van der Waals surface area contributed by atoms with Crippen molar-refractivity contribution in [1.29, 1.82) is 0 Å². The minimum absolute atomic E-state index is 0.0355. The van der Waals surface area contributed by atoms with Gasteiger partial charge in [0, 0.05) is 0 Å². The molecule has 0 heterocycles. The molecule has 0 unspecified atom stereocenters. The molecule has 1 N–H and O–H groups in total. The van der Waals surface area contributed by atoms with Crippen molar-refractivity contribution in [2.24, 2.45) is 5.92 Å². The Kier molecular flexibility index (Phi) is 10.8. The average molecular weight is 452 g/mol. The van der Waals surface area contributed by atoms with Gasteiger partial charge in [-0.3, -0.25) is 14.4 Å². The lowest BCUT2D eigenvalue weighted by Crippen LogP contribution is -2.54. The van der Waals surface area contributed by atoms with Crippen LogP contribution in [0.25, 0.3) is 0 Å². The molecule has 178 valence electrons. The Morgan fingerprint density at radius 1 is 0.938 bits per heavy atom. The molecule has 0 aliphatic rings. The van der Waals surface area contributed by atoms with E-state index in [1.54, 1.807) is 41.5 Å². The van der Waals surface area contributed by atoms with Crippen LogP contribution in [0.3, 0.4) is 0 Å². The van der Waals surface area contributed by atoms with Gasteiger partial charge in [0.05, 0.1) is 25.9 Å². The van der Waals surface area contributed by atoms with E-state index in [2.05, 4.69) is 5.32 Å². The van der Waals surface area contributed by atoms with Crippen molar-refractivity contribution in [2.45, 2.75) is 65.9 Å². The molecule has 1 aromatic rings. The summed E-state index contributed by atoms with van der Waals surface area (Å²) in [5, 5.41) is 2.43. The zero-order valence-corrected chi connectivity index (χ0v) is 19.5. The number of hydrogen-bond acceptors (Lipinski definition) is 8. The van der Waals surface area contributed by atoms with E-state index in [9.17, 15) is 19.2 Å². The normalized spacial score (nSPS) is 13.1. The van der Waals surface area contributed by atoms with Gasteiger partial charge in [-0.1, -0.05) is 30.3 Å². The monoisotopic (exact) mass is 451 g/mol. The maximum atomic E-state index is 13.3. The van der Waals surface area contributed by atoms with Crippen molar-refractivity contribution in [3.05, 3.63) is 35.9 Å². The smallest absolute Gasteiger partial charge is 0.408 e. The van der Waals surface area contributed by atoms with Gasteiger partial charge in [-0.2, -0.15) is 0 Å². The fourth-order valence-corrected chi connectivity index (χ4v) is 2.71. The minimum atomic E-state index is -1.86. The van der Waals surface area contributed by atoms with Crippen LogP contribution in [-0.2, 0) is 39.9 Å². The molecule has 9 nitrogen and oxygen atoms in total.